The minimum atomic E-state index is 0. The van der Waals surface area contributed by atoms with Crippen molar-refractivity contribution in [3.63, 3.8) is 0 Å². The highest BCUT2D eigenvalue weighted by Gasteiger charge is 2.26. The zero-order valence-corrected chi connectivity index (χ0v) is 9.23. The molecule has 0 aromatic heterocycles. The van der Waals surface area contributed by atoms with Gasteiger partial charge in [-0.2, -0.15) is 0 Å². The van der Waals surface area contributed by atoms with E-state index in [1.54, 1.807) is 0 Å². The average molecular weight is 204 g/mol. The Morgan fingerprint density at radius 2 is 1.00 bits per heavy atom. The fourth-order valence-electron chi connectivity index (χ4n) is 1.37. The molecule has 0 amide bonds. The maximum absolute atomic E-state index is 2.37. The summed E-state index contributed by atoms with van der Waals surface area (Å²) in [7, 11) is 0. The molecule has 2 unspecified atom stereocenters. The normalized spacial score (nSPS) is 14.6. The van der Waals surface area contributed by atoms with E-state index < -0.39 is 0 Å². The van der Waals surface area contributed by atoms with E-state index in [-0.39, 0.29) is 22.3 Å². The number of rotatable bonds is 2. The van der Waals surface area contributed by atoms with E-state index >= 15 is 0 Å². The lowest BCUT2D eigenvalue weighted by Crippen LogP contribution is -2.26. The van der Waals surface area contributed by atoms with Crippen LogP contribution in [0.1, 0.15) is 70.7 Å². The fraction of sp³-hybridized carbons (Fsp3) is 1.00. The third kappa shape index (κ3) is 7.41. The van der Waals surface area contributed by atoms with Crippen molar-refractivity contribution >= 4 is 0 Å². The first kappa shape index (κ1) is 23.7. The molecule has 0 saturated heterocycles. The molecule has 0 aromatic rings. The molecule has 14 heavy (non-hydrogen) atoms. The molecule has 0 heterocycles. The Labute approximate surface area is 94.5 Å². The van der Waals surface area contributed by atoms with Crippen LogP contribution in [0.25, 0.3) is 0 Å². The molecule has 0 radical (unpaired) electrons. The lowest BCUT2D eigenvalue weighted by atomic mass is 9.71. The van der Waals surface area contributed by atoms with Crippen LogP contribution in [0.3, 0.4) is 0 Å². The van der Waals surface area contributed by atoms with E-state index in [9.17, 15) is 0 Å². The molecule has 0 fully saturated rings. The van der Waals surface area contributed by atoms with Crippen molar-refractivity contribution in [2.75, 3.05) is 0 Å². The van der Waals surface area contributed by atoms with E-state index in [4.69, 9.17) is 0 Å². The Morgan fingerprint density at radius 3 is 1.07 bits per heavy atom. The Kier molecular flexibility index (Phi) is 14.1. The monoisotopic (exact) mass is 204 g/mol. The Morgan fingerprint density at radius 1 is 0.714 bits per heavy atom. The first-order chi connectivity index (χ1) is 4.76. The molecule has 0 aliphatic carbocycles. The second-order valence-corrected chi connectivity index (χ2v) is 5.26. The molecule has 0 spiro atoms. The van der Waals surface area contributed by atoms with Gasteiger partial charge in [-0.3, -0.25) is 0 Å². The topological polar surface area (TPSA) is 0 Å². The number of hydrogen-bond donors (Lipinski definition) is 0. The standard InChI is InChI=1S/C11H24.3CH4/c1-8(2)9(3)10(4)11(5,6)7;;;/h8-10H,1-7H3;3*1H4. The van der Waals surface area contributed by atoms with E-state index in [0.29, 0.717) is 5.41 Å². The maximum atomic E-state index is 2.37. The van der Waals surface area contributed by atoms with Crippen LogP contribution in [0.4, 0.5) is 0 Å². The molecule has 0 bridgehead atoms. The van der Waals surface area contributed by atoms with Crippen LogP contribution >= 0.6 is 0 Å². The zero-order chi connectivity index (χ0) is 9.23. The van der Waals surface area contributed by atoms with Crippen molar-refractivity contribution in [2.45, 2.75) is 70.7 Å². The molecule has 0 saturated carbocycles. The third-order valence-corrected chi connectivity index (χ3v) is 3.21. The second kappa shape index (κ2) is 8.32. The third-order valence-electron chi connectivity index (χ3n) is 3.21. The van der Waals surface area contributed by atoms with Gasteiger partial charge in [-0.25, -0.2) is 0 Å². The molecule has 0 aromatic carbocycles. The highest BCUT2D eigenvalue weighted by atomic mass is 14.3. The van der Waals surface area contributed by atoms with Crippen molar-refractivity contribution in [3.8, 4) is 0 Å². The van der Waals surface area contributed by atoms with Gasteiger partial charge in [0.2, 0.25) is 0 Å². The van der Waals surface area contributed by atoms with Gasteiger partial charge in [-0.05, 0) is 23.2 Å². The zero-order valence-electron chi connectivity index (χ0n) is 9.23. The van der Waals surface area contributed by atoms with Crippen LogP contribution in [-0.2, 0) is 0 Å². The molecule has 0 N–H and O–H groups in total. The van der Waals surface area contributed by atoms with Gasteiger partial charge in [0.15, 0.2) is 0 Å². The molecular weight excluding hydrogens is 168 g/mol. The maximum Gasteiger partial charge on any atom is -0.0354 e. The van der Waals surface area contributed by atoms with Crippen LogP contribution in [0.2, 0.25) is 0 Å². The molecule has 0 rings (SSSR count). The van der Waals surface area contributed by atoms with Crippen LogP contribution in [0.5, 0.6) is 0 Å². The van der Waals surface area contributed by atoms with Crippen LogP contribution in [0, 0.1) is 23.2 Å². The van der Waals surface area contributed by atoms with Gasteiger partial charge in [-0.1, -0.05) is 70.7 Å². The second-order valence-electron chi connectivity index (χ2n) is 5.26. The minimum absolute atomic E-state index is 0. The summed E-state index contributed by atoms with van der Waals surface area (Å²) < 4.78 is 0. The summed E-state index contributed by atoms with van der Waals surface area (Å²) in [6.45, 7) is 16.3. The van der Waals surface area contributed by atoms with Gasteiger partial charge < -0.3 is 0 Å². The predicted molar refractivity (Wildman–Crippen MR) is 72.8 cm³/mol. The first-order valence-electron chi connectivity index (χ1n) is 4.76. The van der Waals surface area contributed by atoms with E-state index in [0.717, 1.165) is 17.8 Å². The summed E-state index contributed by atoms with van der Waals surface area (Å²) >= 11 is 0. The predicted octanol–water partition coefficient (Wildman–Crippen LogP) is 5.87. The van der Waals surface area contributed by atoms with E-state index in [1.165, 1.54) is 0 Å². The van der Waals surface area contributed by atoms with Crippen LogP contribution in [0.15, 0.2) is 0 Å². The molecule has 92 valence electrons. The molecule has 0 aliphatic heterocycles. The highest BCUT2D eigenvalue weighted by Crippen LogP contribution is 2.34. The summed E-state index contributed by atoms with van der Waals surface area (Å²) in [6.07, 6.45) is 0. The summed E-state index contributed by atoms with van der Waals surface area (Å²) in [4.78, 5) is 0. The van der Waals surface area contributed by atoms with Crippen molar-refractivity contribution in [2.24, 2.45) is 23.2 Å². The molecule has 0 heteroatoms. The average Bonchev–Trinajstić information content (AvgIpc) is 1.82. The van der Waals surface area contributed by atoms with Gasteiger partial charge in [0.05, 0.1) is 0 Å². The quantitative estimate of drug-likeness (QED) is 0.528. The first-order valence-corrected chi connectivity index (χ1v) is 4.76. The lowest BCUT2D eigenvalue weighted by molar-refractivity contribution is 0.152. The lowest BCUT2D eigenvalue weighted by Gasteiger charge is -2.34. The van der Waals surface area contributed by atoms with Crippen molar-refractivity contribution in [3.05, 3.63) is 0 Å². The van der Waals surface area contributed by atoms with E-state index in [2.05, 4.69) is 48.5 Å². The SMILES string of the molecule is C.C.C.CC(C)C(C)C(C)C(C)(C)C. The Bertz CT molecular complexity index is 106. The Hall–Kier alpha value is 0. The van der Waals surface area contributed by atoms with Crippen LogP contribution in [-0.4, -0.2) is 0 Å². The molecule has 0 nitrogen and oxygen atoms in total. The van der Waals surface area contributed by atoms with E-state index in [1.807, 2.05) is 0 Å². The Balaban J connectivity index is -0.000000167. The summed E-state index contributed by atoms with van der Waals surface area (Å²) in [5, 5.41) is 0. The van der Waals surface area contributed by atoms with Crippen molar-refractivity contribution in [1.82, 2.24) is 0 Å². The van der Waals surface area contributed by atoms with Crippen LogP contribution < -0.4 is 0 Å². The molecular formula is C14H36. The highest BCUT2D eigenvalue weighted by molar-refractivity contribution is 4.76. The smallest absolute Gasteiger partial charge is 0.0354 e. The molecule has 2 atom stereocenters. The van der Waals surface area contributed by atoms with Gasteiger partial charge in [0.25, 0.3) is 0 Å². The van der Waals surface area contributed by atoms with Gasteiger partial charge in [0, 0.05) is 0 Å². The van der Waals surface area contributed by atoms with Crippen molar-refractivity contribution < 1.29 is 0 Å². The van der Waals surface area contributed by atoms with Gasteiger partial charge in [0.1, 0.15) is 0 Å². The largest absolute Gasteiger partial charge is 0.0776 e. The summed E-state index contributed by atoms with van der Waals surface area (Å²) in [6, 6.07) is 0. The minimum Gasteiger partial charge on any atom is -0.0776 e. The van der Waals surface area contributed by atoms with Crippen molar-refractivity contribution in [1.29, 1.82) is 0 Å². The van der Waals surface area contributed by atoms with Gasteiger partial charge >= 0.3 is 0 Å². The summed E-state index contributed by atoms with van der Waals surface area (Å²) in [5.41, 5.74) is 0.462. The number of hydrogen-bond acceptors (Lipinski definition) is 0. The molecule has 0 aliphatic rings. The fourth-order valence-corrected chi connectivity index (χ4v) is 1.37. The summed E-state index contributed by atoms with van der Waals surface area (Å²) in [5.74, 6) is 2.45. The van der Waals surface area contributed by atoms with Gasteiger partial charge in [-0.15, -0.1) is 0 Å².